The molecule has 12 rings (SSSR count). The number of rotatable bonds is 7. The third-order valence-corrected chi connectivity index (χ3v) is 12.3. The molecule has 0 N–H and O–H groups in total. The lowest BCUT2D eigenvalue weighted by Crippen LogP contribution is -2.11. The van der Waals surface area contributed by atoms with Crippen molar-refractivity contribution in [2.24, 2.45) is 0 Å². The van der Waals surface area contributed by atoms with Gasteiger partial charge in [-0.3, -0.25) is 0 Å². The van der Waals surface area contributed by atoms with Crippen molar-refractivity contribution in [1.29, 1.82) is 0 Å². The van der Waals surface area contributed by atoms with Crippen LogP contribution in [0.4, 0.5) is 34.1 Å². The normalized spacial score (nSPS) is 11.9. The highest BCUT2D eigenvalue weighted by Crippen LogP contribution is 2.49. The molecule has 3 nitrogen and oxygen atoms in total. The number of para-hydroxylation sites is 4. The maximum Gasteiger partial charge on any atom is 0.143 e. The van der Waals surface area contributed by atoms with Gasteiger partial charge in [-0.15, -0.1) is 0 Å². The molecule has 1 aliphatic rings. The third-order valence-electron chi connectivity index (χ3n) is 12.3. The van der Waals surface area contributed by atoms with Gasteiger partial charge in [0.15, 0.2) is 0 Å². The van der Waals surface area contributed by atoms with Gasteiger partial charge in [0.1, 0.15) is 11.2 Å². The molecule has 3 heteroatoms. The molecule has 0 radical (unpaired) electrons. The van der Waals surface area contributed by atoms with Crippen LogP contribution in [0.2, 0.25) is 0 Å². The number of nitrogens with zero attached hydrogens (tertiary/aromatic N) is 2. The lowest BCUT2D eigenvalue weighted by Gasteiger charge is -2.27. The van der Waals surface area contributed by atoms with E-state index in [1.54, 1.807) is 0 Å². The van der Waals surface area contributed by atoms with E-state index in [-0.39, 0.29) is 0 Å². The van der Waals surface area contributed by atoms with Crippen molar-refractivity contribution in [2.75, 3.05) is 9.80 Å². The fourth-order valence-corrected chi connectivity index (χ4v) is 9.63. The van der Waals surface area contributed by atoms with Crippen molar-refractivity contribution in [1.82, 2.24) is 0 Å². The van der Waals surface area contributed by atoms with Gasteiger partial charge in [-0.05, 0) is 134 Å². The van der Waals surface area contributed by atoms with Crippen LogP contribution < -0.4 is 9.80 Å². The number of furan rings is 1. The molecule has 0 saturated heterocycles. The summed E-state index contributed by atoms with van der Waals surface area (Å²) in [6, 6.07) is 78.5. The first kappa shape index (κ1) is 34.2. The summed E-state index contributed by atoms with van der Waals surface area (Å²) in [7, 11) is 0. The molecule has 0 fully saturated rings. The molecule has 0 aliphatic heterocycles. The third kappa shape index (κ3) is 5.44. The molecular weight excluding hydrogens is 729 g/mol. The summed E-state index contributed by atoms with van der Waals surface area (Å²) in [6.45, 7) is 0. The van der Waals surface area contributed by atoms with E-state index in [1.807, 2.05) is 0 Å². The highest BCUT2D eigenvalue weighted by atomic mass is 16.3. The minimum atomic E-state index is 0.839. The van der Waals surface area contributed by atoms with Crippen LogP contribution in [0.25, 0.3) is 65.7 Å². The van der Waals surface area contributed by atoms with Crippen molar-refractivity contribution in [3.8, 4) is 22.3 Å². The summed E-state index contributed by atoms with van der Waals surface area (Å²) in [5.41, 5.74) is 16.3. The first-order valence-electron chi connectivity index (χ1n) is 20.6. The van der Waals surface area contributed by atoms with Crippen LogP contribution >= 0.6 is 0 Å². The Hall–Kier alpha value is -7.88. The Labute approximate surface area is 348 Å². The zero-order valence-electron chi connectivity index (χ0n) is 32.8. The molecule has 0 bridgehead atoms. The molecule has 1 aromatic heterocycles. The first-order valence-corrected chi connectivity index (χ1v) is 20.6. The van der Waals surface area contributed by atoms with E-state index >= 15 is 0 Å². The Morgan fingerprint density at radius 2 is 0.867 bits per heavy atom. The van der Waals surface area contributed by atoms with E-state index in [0.29, 0.717) is 0 Å². The van der Waals surface area contributed by atoms with Crippen LogP contribution in [0, 0.1) is 0 Å². The predicted molar refractivity (Wildman–Crippen MR) is 252 cm³/mol. The zero-order valence-corrected chi connectivity index (χ0v) is 32.8. The van der Waals surface area contributed by atoms with Crippen LogP contribution in [0.15, 0.2) is 223 Å². The van der Waals surface area contributed by atoms with E-state index in [0.717, 1.165) is 67.7 Å². The Balaban J connectivity index is 0.990. The van der Waals surface area contributed by atoms with Gasteiger partial charge in [0.05, 0.1) is 5.69 Å². The predicted octanol–water partition coefficient (Wildman–Crippen LogP) is 16.1. The van der Waals surface area contributed by atoms with Gasteiger partial charge in [0, 0.05) is 51.0 Å². The molecule has 282 valence electrons. The minimum Gasteiger partial charge on any atom is -0.455 e. The van der Waals surface area contributed by atoms with E-state index in [9.17, 15) is 0 Å². The van der Waals surface area contributed by atoms with Crippen molar-refractivity contribution in [3.05, 3.63) is 230 Å². The zero-order chi connectivity index (χ0) is 39.6. The van der Waals surface area contributed by atoms with Crippen molar-refractivity contribution in [2.45, 2.75) is 6.42 Å². The summed E-state index contributed by atoms with van der Waals surface area (Å²) >= 11 is 0. The van der Waals surface area contributed by atoms with Crippen LogP contribution in [0.3, 0.4) is 0 Å². The van der Waals surface area contributed by atoms with E-state index in [1.165, 1.54) is 49.7 Å². The topological polar surface area (TPSA) is 19.6 Å². The number of hydrogen-bond acceptors (Lipinski definition) is 3. The van der Waals surface area contributed by atoms with Gasteiger partial charge in [-0.2, -0.15) is 0 Å². The molecule has 0 amide bonds. The maximum absolute atomic E-state index is 7.02. The number of hydrogen-bond donors (Lipinski definition) is 0. The SMILES string of the molecule is c1ccc(N(c2ccccc2)c2ccc3c(c2)c2ccccc2c2c4ccc(-c5cccc6c5Cc5c-6cccc5N(c5ccccc5)c5ccccc5)cc4oc32)cc1. The summed E-state index contributed by atoms with van der Waals surface area (Å²) in [4.78, 5) is 4.72. The molecule has 60 heavy (non-hydrogen) atoms. The van der Waals surface area contributed by atoms with E-state index < -0.39 is 0 Å². The molecule has 1 aliphatic carbocycles. The Kier molecular flexibility index (Phi) is 7.92. The summed E-state index contributed by atoms with van der Waals surface area (Å²) in [6.07, 6.45) is 0.839. The molecule has 0 atom stereocenters. The second-order valence-corrected chi connectivity index (χ2v) is 15.6. The Morgan fingerprint density at radius 1 is 0.333 bits per heavy atom. The lowest BCUT2D eigenvalue weighted by atomic mass is 9.94. The highest BCUT2D eigenvalue weighted by Gasteiger charge is 2.27. The van der Waals surface area contributed by atoms with E-state index in [4.69, 9.17) is 4.42 Å². The molecule has 10 aromatic carbocycles. The smallest absolute Gasteiger partial charge is 0.143 e. The fraction of sp³-hybridized carbons (Fsp3) is 0.0175. The van der Waals surface area contributed by atoms with Gasteiger partial charge < -0.3 is 14.2 Å². The summed E-state index contributed by atoms with van der Waals surface area (Å²) in [5, 5.41) is 6.97. The van der Waals surface area contributed by atoms with Gasteiger partial charge in [-0.25, -0.2) is 0 Å². The Morgan fingerprint density at radius 3 is 1.52 bits per heavy atom. The molecule has 0 spiro atoms. The summed E-state index contributed by atoms with van der Waals surface area (Å²) in [5.74, 6) is 0. The highest BCUT2D eigenvalue weighted by molar-refractivity contribution is 6.30. The average molecular weight is 767 g/mol. The Bertz CT molecular complexity index is 3310. The number of anilines is 6. The molecule has 0 unspecified atom stereocenters. The van der Waals surface area contributed by atoms with Crippen LogP contribution in [-0.4, -0.2) is 0 Å². The molecular formula is C57H38N2O. The number of benzene rings is 10. The monoisotopic (exact) mass is 766 g/mol. The average Bonchev–Trinajstić information content (AvgIpc) is 3.90. The number of fused-ring (bicyclic) bond motifs is 11. The van der Waals surface area contributed by atoms with Gasteiger partial charge in [0.2, 0.25) is 0 Å². The lowest BCUT2D eigenvalue weighted by molar-refractivity contribution is 0.673. The standard InChI is InChI=1S/C57H38N2O/c1-5-17-39(18-6-1)58(40-19-7-2-8-20-40)43-32-34-49-51(36-43)47-25-13-14-26-48(47)56-50-33-31-38(35-55(50)60-57(49)56)44-27-15-28-45-46-29-16-30-54(53(46)37-52(44)45)59(41-21-9-3-10-22-41)42-23-11-4-12-24-42/h1-36H,37H2. The van der Waals surface area contributed by atoms with Crippen LogP contribution in [0.5, 0.6) is 0 Å². The first-order chi connectivity index (χ1) is 29.8. The quantitative estimate of drug-likeness (QED) is 0.151. The van der Waals surface area contributed by atoms with Gasteiger partial charge in [0.25, 0.3) is 0 Å². The van der Waals surface area contributed by atoms with E-state index in [2.05, 4.69) is 228 Å². The molecule has 0 saturated carbocycles. The van der Waals surface area contributed by atoms with Crippen LogP contribution in [-0.2, 0) is 6.42 Å². The van der Waals surface area contributed by atoms with Crippen LogP contribution in [0.1, 0.15) is 11.1 Å². The van der Waals surface area contributed by atoms with Crippen molar-refractivity contribution >= 4 is 77.6 Å². The van der Waals surface area contributed by atoms with Crippen molar-refractivity contribution < 1.29 is 4.42 Å². The second-order valence-electron chi connectivity index (χ2n) is 15.6. The van der Waals surface area contributed by atoms with Crippen molar-refractivity contribution in [3.63, 3.8) is 0 Å². The molecule has 1 heterocycles. The fourth-order valence-electron chi connectivity index (χ4n) is 9.63. The second kappa shape index (κ2) is 13.9. The minimum absolute atomic E-state index is 0.839. The van der Waals surface area contributed by atoms with Gasteiger partial charge in [-0.1, -0.05) is 133 Å². The maximum atomic E-state index is 7.02. The molecule has 11 aromatic rings. The largest absolute Gasteiger partial charge is 0.455 e. The van der Waals surface area contributed by atoms with Gasteiger partial charge >= 0.3 is 0 Å². The summed E-state index contributed by atoms with van der Waals surface area (Å²) < 4.78 is 7.02.